The average Bonchev–Trinajstić information content (AvgIpc) is 2.69. The van der Waals surface area contributed by atoms with Gasteiger partial charge in [-0.2, -0.15) is 5.10 Å². The Morgan fingerprint density at radius 1 is 1.23 bits per heavy atom. The minimum atomic E-state index is -0.151. The maximum absolute atomic E-state index is 11.9. The van der Waals surface area contributed by atoms with Crippen molar-refractivity contribution >= 4 is 23.9 Å². The van der Waals surface area contributed by atoms with Crippen molar-refractivity contribution in [1.82, 2.24) is 5.43 Å². The lowest BCUT2D eigenvalue weighted by Gasteiger charge is -2.19. The largest absolute Gasteiger partial charge is 0.497 e. The number of ether oxygens (including phenoxy) is 3. The van der Waals surface area contributed by atoms with Gasteiger partial charge < -0.3 is 14.2 Å². The summed E-state index contributed by atoms with van der Waals surface area (Å²) in [6.07, 6.45) is 1.57. The normalized spacial score (nSPS) is 12.8. The van der Waals surface area contributed by atoms with E-state index in [4.69, 9.17) is 14.2 Å². The second-order valence-electron chi connectivity index (χ2n) is 5.51. The molecule has 1 aliphatic rings. The van der Waals surface area contributed by atoms with Crippen LogP contribution in [0.3, 0.4) is 0 Å². The number of fused-ring (bicyclic) bond motifs is 1. The average molecular weight is 372 g/mol. The Hall–Kier alpha value is -2.67. The van der Waals surface area contributed by atoms with E-state index in [9.17, 15) is 4.79 Å². The van der Waals surface area contributed by atoms with E-state index in [1.165, 1.54) is 11.8 Å². The Labute approximate surface area is 156 Å². The van der Waals surface area contributed by atoms with E-state index in [0.717, 1.165) is 22.6 Å². The van der Waals surface area contributed by atoms with E-state index >= 15 is 0 Å². The van der Waals surface area contributed by atoms with Gasteiger partial charge in [-0.25, -0.2) is 5.43 Å². The molecule has 1 N–H and O–H groups in total. The van der Waals surface area contributed by atoms with Gasteiger partial charge in [-0.3, -0.25) is 4.79 Å². The third-order valence-electron chi connectivity index (χ3n) is 3.65. The van der Waals surface area contributed by atoms with Gasteiger partial charge in [0.2, 0.25) is 5.91 Å². The predicted octanol–water partition coefficient (Wildman–Crippen LogP) is 2.85. The van der Waals surface area contributed by atoms with E-state index in [1.54, 1.807) is 13.3 Å². The summed E-state index contributed by atoms with van der Waals surface area (Å²) >= 11 is 1.53. The number of rotatable bonds is 7. The molecule has 26 heavy (non-hydrogen) atoms. The Morgan fingerprint density at radius 2 is 2.04 bits per heavy atom. The van der Waals surface area contributed by atoms with Crippen LogP contribution >= 0.6 is 11.8 Å². The summed E-state index contributed by atoms with van der Waals surface area (Å²) in [6.45, 7) is 1.04. The summed E-state index contributed by atoms with van der Waals surface area (Å²) in [5.41, 5.74) is 4.45. The summed E-state index contributed by atoms with van der Waals surface area (Å²) in [7, 11) is 1.64. The fourth-order valence-corrected chi connectivity index (χ4v) is 3.17. The number of nitrogens with one attached hydrogen (secondary N) is 1. The minimum absolute atomic E-state index is 0.151. The van der Waals surface area contributed by atoms with Crippen LogP contribution in [0, 0.1) is 0 Å². The second kappa shape index (κ2) is 9.15. The molecule has 0 aliphatic carbocycles. The molecule has 0 atom stereocenters. The van der Waals surface area contributed by atoms with Gasteiger partial charge in [0.05, 0.1) is 19.1 Å². The van der Waals surface area contributed by atoms with Crippen molar-refractivity contribution in [2.75, 3.05) is 26.1 Å². The van der Waals surface area contributed by atoms with Crippen LogP contribution in [0.2, 0.25) is 0 Å². The van der Waals surface area contributed by atoms with Crippen LogP contribution in [-0.4, -0.2) is 38.2 Å². The molecule has 6 nitrogen and oxygen atoms in total. The number of hydrazone groups is 1. The number of hydrogen-bond acceptors (Lipinski definition) is 6. The van der Waals surface area contributed by atoms with Crippen molar-refractivity contribution in [3.05, 3.63) is 53.6 Å². The van der Waals surface area contributed by atoms with Crippen LogP contribution in [0.25, 0.3) is 0 Å². The maximum atomic E-state index is 11.9. The Morgan fingerprint density at radius 3 is 2.85 bits per heavy atom. The molecule has 0 radical (unpaired) electrons. The van der Waals surface area contributed by atoms with Crippen LogP contribution in [0.15, 0.2) is 47.6 Å². The third-order valence-corrected chi connectivity index (χ3v) is 4.65. The van der Waals surface area contributed by atoms with Crippen molar-refractivity contribution in [3.8, 4) is 17.2 Å². The number of nitrogens with zero attached hydrogens (tertiary/aromatic N) is 1. The number of amides is 1. The molecule has 0 aromatic heterocycles. The zero-order valence-corrected chi connectivity index (χ0v) is 15.3. The van der Waals surface area contributed by atoms with Crippen molar-refractivity contribution < 1.29 is 19.0 Å². The number of carbonyl (C=O) groups excluding carboxylic acids is 1. The molecule has 0 saturated heterocycles. The van der Waals surface area contributed by atoms with Gasteiger partial charge in [0.1, 0.15) is 19.0 Å². The Kier molecular flexibility index (Phi) is 6.38. The molecule has 1 amide bonds. The van der Waals surface area contributed by atoms with E-state index in [0.29, 0.717) is 30.5 Å². The molecule has 136 valence electrons. The molecule has 0 spiro atoms. The van der Waals surface area contributed by atoms with E-state index in [2.05, 4.69) is 10.5 Å². The van der Waals surface area contributed by atoms with Gasteiger partial charge in [0.15, 0.2) is 11.5 Å². The highest BCUT2D eigenvalue weighted by Gasteiger charge is 2.14. The quantitative estimate of drug-likeness (QED) is 0.598. The highest BCUT2D eigenvalue weighted by molar-refractivity contribution is 7.99. The molecular formula is C19H20N2O4S. The first-order chi connectivity index (χ1) is 12.8. The molecule has 2 aromatic carbocycles. The molecule has 0 bridgehead atoms. The first-order valence-electron chi connectivity index (χ1n) is 8.17. The third kappa shape index (κ3) is 4.92. The second-order valence-corrected chi connectivity index (χ2v) is 6.49. The van der Waals surface area contributed by atoms with Crippen LogP contribution in [0.1, 0.15) is 11.1 Å². The van der Waals surface area contributed by atoms with Crippen LogP contribution in [-0.2, 0) is 10.5 Å². The van der Waals surface area contributed by atoms with Gasteiger partial charge in [0.25, 0.3) is 0 Å². The molecule has 0 unspecified atom stereocenters. The number of carbonyl (C=O) groups is 1. The molecule has 7 heteroatoms. The monoisotopic (exact) mass is 372 g/mol. The van der Waals surface area contributed by atoms with Crippen LogP contribution in [0.5, 0.6) is 17.2 Å². The summed E-state index contributed by atoms with van der Waals surface area (Å²) in [5, 5.41) is 4.01. The zero-order valence-electron chi connectivity index (χ0n) is 14.4. The van der Waals surface area contributed by atoms with Crippen LogP contribution in [0.4, 0.5) is 0 Å². The lowest BCUT2D eigenvalue weighted by atomic mass is 10.2. The minimum Gasteiger partial charge on any atom is -0.497 e. The predicted molar refractivity (Wildman–Crippen MR) is 102 cm³/mol. The van der Waals surface area contributed by atoms with Crippen molar-refractivity contribution in [2.45, 2.75) is 5.75 Å². The molecule has 0 fully saturated rings. The molecule has 2 aromatic rings. The SMILES string of the molecule is COc1ccc(CSCC(=O)NN=Cc2cccc3c2OCCO3)cc1. The highest BCUT2D eigenvalue weighted by Crippen LogP contribution is 2.32. The fourth-order valence-electron chi connectivity index (χ4n) is 2.39. The van der Waals surface area contributed by atoms with Crippen molar-refractivity contribution in [2.24, 2.45) is 5.10 Å². The number of thioether (sulfide) groups is 1. The summed E-state index contributed by atoms with van der Waals surface area (Å²) in [4.78, 5) is 11.9. The molecule has 3 rings (SSSR count). The first-order valence-corrected chi connectivity index (χ1v) is 9.33. The molecular weight excluding hydrogens is 352 g/mol. The highest BCUT2D eigenvalue weighted by atomic mass is 32.2. The fraction of sp³-hybridized carbons (Fsp3) is 0.263. The number of methoxy groups -OCH3 is 1. The topological polar surface area (TPSA) is 69.2 Å². The standard InChI is InChI=1S/C19H20N2O4S/c1-23-16-7-5-14(6-8-16)12-26-13-18(22)21-20-11-15-3-2-4-17-19(15)25-10-9-24-17/h2-8,11H,9-10,12-13H2,1H3,(H,21,22). The Balaban J connectivity index is 1.44. The number of benzene rings is 2. The molecule has 0 saturated carbocycles. The van der Waals surface area contributed by atoms with Crippen molar-refractivity contribution in [3.63, 3.8) is 0 Å². The Bertz CT molecular complexity index is 778. The smallest absolute Gasteiger partial charge is 0.250 e. The van der Waals surface area contributed by atoms with E-state index in [-0.39, 0.29) is 5.91 Å². The molecule has 1 aliphatic heterocycles. The van der Waals surface area contributed by atoms with E-state index < -0.39 is 0 Å². The lowest BCUT2D eigenvalue weighted by Crippen LogP contribution is -2.20. The lowest BCUT2D eigenvalue weighted by molar-refractivity contribution is -0.118. The number of para-hydroxylation sites is 1. The van der Waals surface area contributed by atoms with Gasteiger partial charge in [-0.05, 0) is 29.8 Å². The van der Waals surface area contributed by atoms with Crippen molar-refractivity contribution in [1.29, 1.82) is 0 Å². The summed E-state index contributed by atoms with van der Waals surface area (Å²) < 4.78 is 16.2. The van der Waals surface area contributed by atoms with Gasteiger partial charge in [0, 0.05) is 11.3 Å². The summed E-state index contributed by atoms with van der Waals surface area (Å²) in [6, 6.07) is 13.4. The number of hydrogen-bond donors (Lipinski definition) is 1. The van der Waals surface area contributed by atoms with Gasteiger partial charge >= 0.3 is 0 Å². The molecule has 1 heterocycles. The van der Waals surface area contributed by atoms with Gasteiger partial charge in [-0.15, -0.1) is 11.8 Å². The zero-order chi connectivity index (χ0) is 18.2. The summed E-state index contributed by atoms with van der Waals surface area (Å²) in [5.74, 6) is 3.10. The first kappa shape index (κ1) is 18.1. The van der Waals surface area contributed by atoms with Gasteiger partial charge in [-0.1, -0.05) is 18.2 Å². The maximum Gasteiger partial charge on any atom is 0.250 e. The van der Waals surface area contributed by atoms with E-state index in [1.807, 2.05) is 42.5 Å². The van der Waals surface area contributed by atoms with Crippen LogP contribution < -0.4 is 19.6 Å².